The van der Waals surface area contributed by atoms with Crippen LogP contribution in [-0.4, -0.2) is 31.2 Å². The van der Waals surface area contributed by atoms with Crippen molar-refractivity contribution in [2.75, 3.05) is 6.61 Å². The van der Waals surface area contributed by atoms with Crippen molar-refractivity contribution < 1.29 is 13.5 Å². The highest BCUT2D eigenvalue weighted by Crippen LogP contribution is 2.27. The van der Waals surface area contributed by atoms with Crippen LogP contribution in [0, 0.1) is 17.8 Å². The Morgan fingerprint density at radius 2 is 2.21 bits per heavy atom. The summed E-state index contributed by atoms with van der Waals surface area (Å²) in [5, 5.41) is 8.62. The van der Waals surface area contributed by atoms with E-state index < -0.39 is 10.0 Å². The van der Waals surface area contributed by atoms with Gasteiger partial charge in [-0.05, 0) is 24.8 Å². The van der Waals surface area contributed by atoms with Crippen LogP contribution >= 0.6 is 0 Å². The first kappa shape index (κ1) is 14.0. The van der Waals surface area contributed by atoms with Gasteiger partial charge in [0, 0.05) is 24.0 Å². The first-order chi connectivity index (χ1) is 9.01. The molecule has 1 aliphatic rings. The molecular weight excluding hydrogens is 264 g/mol. The topological polar surface area (TPSA) is 79.3 Å². The Morgan fingerprint density at radius 3 is 2.84 bits per heavy atom. The number of rotatable bonds is 3. The predicted molar refractivity (Wildman–Crippen MR) is 70.7 cm³/mol. The van der Waals surface area contributed by atoms with E-state index in [0.29, 0.717) is 11.5 Å². The monoisotopic (exact) mass is 280 g/mol. The summed E-state index contributed by atoms with van der Waals surface area (Å²) in [5.41, 5.74) is 0.471. The molecule has 1 heterocycles. The third kappa shape index (κ3) is 3.53. The second-order valence-corrected chi connectivity index (χ2v) is 6.48. The van der Waals surface area contributed by atoms with Crippen molar-refractivity contribution in [3.05, 3.63) is 24.0 Å². The molecule has 2 N–H and O–H groups in total. The van der Waals surface area contributed by atoms with Crippen LogP contribution in [0.3, 0.4) is 0 Å². The molecule has 0 saturated heterocycles. The molecule has 5 nitrogen and oxygen atoms in total. The van der Waals surface area contributed by atoms with Crippen LogP contribution in [0.2, 0.25) is 0 Å². The zero-order chi connectivity index (χ0) is 13.9. The molecule has 0 bridgehead atoms. The predicted octanol–water partition coefficient (Wildman–Crippen LogP) is 0.502. The quantitative estimate of drug-likeness (QED) is 0.790. The summed E-state index contributed by atoms with van der Waals surface area (Å²) in [4.78, 5) is 3.97. The van der Waals surface area contributed by atoms with E-state index in [2.05, 4.69) is 28.5 Å². The Labute approximate surface area is 113 Å². The molecule has 0 atom stereocenters. The Hall–Kier alpha value is -1.42. The van der Waals surface area contributed by atoms with Crippen molar-refractivity contribution in [2.45, 2.75) is 30.7 Å². The molecule has 0 aliphatic heterocycles. The van der Waals surface area contributed by atoms with E-state index >= 15 is 0 Å². The molecule has 6 heteroatoms. The zero-order valence-electron chi connectivity index (χ0n) is 10.6. The molecule has 0 spiro atoms. The number of pyridine rings is 1. The van der Waals surface area contributed by atoms with Crippen molar-refractivity contribution in [3.8, 4) is 11.8 Å². The molecule has 0 aromatic carbocycles. The first-order valence-electron chi connectivity index (χ1n) is 6.08. The van der Waals surface area contributed by atoms with Crippen molar-refractivity contribution in [1.82, 2.24) is 9.71 Å². The van der Waals surface area contributed by atoms with Crippen LogP contribution in [0.25, 0.3) is 0 Å². The maximum atomic E-state index is 12.1. The zero-order valence-corrected chi connectivity index (χ0v) is 11.4. The average Bonchev–Trinajstić information content (AvgIpc) is 2.34. The van der Waals surface area contributed by atoms with Crippen LogP contribution in [0.15, 0.2) is 23.4 Å². The van der Waals surface area contributed by atoms with Gasteiger partial charge in [-0.15, -0.1) is 0 Å². The van der Waals surface area contributed by atoms with E-state index in [-0.39, 0.29) is 17.5 Å². The highest BCUT2D eigenvalue weighted by atomic mass is 32.2. The van der Waals surface area contributed by atoms with Gasteiger partial charge in [-0.1, -0.05) is 18.8 Å². The molecular formula is C13H16N2O3S. The second kappa shape index (κ2) is 5.70. The summed E-state index contributed by atoms with van der Waals surface area (Å²) in [6.07, 6.45) is 4.51. The lowest BCUT2D eigenvalue weighted by Crippen LogP contribution is -2.43. The minimum Gasteiger partial charge on any atom is -0.384 e. The maximum Gasteiger partial charge on any atom is 0.242 e. The van der Waals surface area contributed by atoms with Gasteiger partial charge in [0.1, 0.15) is 11.5 Å². The summed E-state index contributed by atoms with van der Waals surface area (Å²) < 4.78 is 26.9. The summed E-state index contributed by atoms with van der Waals surface area (Å²) in [7, 11) is -3.53. The van der Waals surface area contributed by atoms with Gasteiger partial charge >= 0.3 is 0 Å². The van der Waals surface area contributed by atoms with Crippen LogP contribution in [0.5, 0.6) is 0 Å². The normalized spacial score (nSPS) is 22.2. The largest absolute Gasteiger partial charge is 0.384 e. The SMILES string of the molecule is CC1CC(NS(=O)(=O)c2cncc(C#CCO)c2)C1. The standard InChI is InChI=1S/C13H16N2O3S/c1-10-5-12(6-10)15-19(17,18)13-7-11(3-2-4-16)8-14-9-13/h7-10,12,15-16H,4-6H2,1H3. The van der Waals surface area contributed by atoms with E-state index in [0.717, 1.165) is 12.8 Å². The van der Waals surface area contributed by atoms with E-state index in [1.54, 1.807) is 0 Å². The molecule has 2 rings (SSSR count). The van der Waals surface area contributed by atoms with E-state index in [1.807, 2.05) is 0 Å². The van der Waals surface area contributed by atoms with Crippen molar-refractivity contribution in [1.29, 1.82) is 0 Å². The Kier molecular flexibility index (Phi) is 4.20. The van der Waals surface area contributed by atoms with Crippen molar-refractivity contribution in [2.24, 2.45) is 5.92 Å². The molecule has 1 aromatic heterocycles. The fraction of sp³-hybridized carbons (Fsp3) is 0.462. The van der Waals surface area contributed by atoms with Crippen molar-refractivity contribution >= 4 is 10.0 Å². The van der Waals surface area contributed by atoms with Gasteiger partial charge in [-0.2, -0.15) is 0 Å². The molecule has 1 aliphatic carbocycles. The van der Waals surface area contributed by atoms with Gasteiger partial charge in [0.2, 0.25) is 10.0 Å². The minimum absolute atomic E-state index is 0.0205. The lowest BCUT2D eigenvalue weighted by Gasteiger charge is -2.32. The minimum atomic E-state index is -3.53. The lowest BCUT2D eigenvalue weighted by molar-refractivity contribution is 0.270. The Morgan fingerprint density at radius 1 is 1.47 bits per heavy atom. The number of aliphatic hydroxyl groups excluding tert-OH is 1. The van der Waals surface area contributed by atoms with Gasteiger partial charge in [-0.3, -0.25) is 4.98 Å². The maximum absolute atomic E-state index is 12.1. The molecule has 1 saturated carbocycles. The number of nitrogens with zero attached hydrogens (tertiary/aromatic N) is 1. The summed E-state index contributed by atoms with van der Waals surface area (Å²) in [5.74, 6) is 5.68. The smallest absolute Gasteiger partial charge is 0.242 e. The molecule has 1 fully saturated rings. The summed E-state index contributed by atoms with van der Waals surface area (Å²) >= 11 is 0. The number of nitrogens with one attached hydrogen (secondary N) is 1. The molecule has 0 unspecified atom stereocenters. The van der Waals surface area contributed by atoms with Gasteiger partial charge in [0.15, 0.2) is 0 Å². The lowest BCUT2D eigenvalue weighted by atomic mass is 9.83. The first-order valence-corrected chi connectivity index (χ1v) is 7.56. The van der Waals surface area contributed by atoms with E-state index in [1.165, 1.54) is 18.5 Å². The van der Waals surface area contributed by atoms with E-state index in [4.69, 9.17) is 5.11 Å². The highest BCUT2D eigenvalue weighted by molar-refractivity contribution is 7.89. The van der Waals surface area contributed by atoms with Gasteiger partial charge < -0.3 is 5.11 Å². The van der Waals surface area contributed by atoms with Crippen molar-refractivity contribution in [3.63, 3.8) is 0 Å². The third-order valence-corrected chi connectivity index (χ3v) is 4.52. The second-order valence-electron chi connectivity index (χ2n) is 4.76. The number of aliphatic hydroxyl groups is 1. The number of aromatic nitrogens is 1. The average molecular weight is 280 g/mol. The summed E-state index contributed by atoms with van der Waals surface area (Å²) in [6, 6.07) is 1.48. The van der Waals surface area contributed by atoms with Crippen LogP contribution in [-0.2, 0) is 10.0 Å². The van der Waals surface area contributed by atoms with Crippen LogP contribution in [0.4, 0.5) is 0 Å². The Balaban J connectivity index is 2.15. The fourth-order valence-corrected chi connectivity index (χ4v) is 3.31. The number of hydrogen-bond acceptors (Lipinski definition) is 4. The molecule has 0 amide bonds. The summed E-state index contributed by atoms with van der Waals surface area (Å²) in [6.45, 7) is 1.83. The van der Waals surface area contributed by atoms with Gasteiger partial charge in [0.05, 0.1) is 0 Å². The van der Waals surface area contributed by atoms with Crippen LogP contribution in [0.1, 0.15) is 25.3 Å². The molecule has 102 valence electrons. The van der Waals surface area contributed by atoms with Crippen LogP contribution < -0.4 is 4.72 Å². The molecule has 0 radical (unpaired) electrons. The Bertz CT molecular complexity index is 610. The number of sulfonamides is 1. The van der Waals surface area contributed by atoms with Gasteiger partial charge in [0.25, 0.3) is 0 Å². The van der Waals surface area contributed by atoms with Gasteiger partial charge in [-0.25, -0.2) is 13.1 Å². The molecule has 19 heavy (non-hydrogen) atoms. The molecule has 1 aromatic rings. The highest BCUT2D eigenvalue weighted by Gasteiger charge is 2.29. The third-order valence-electron chi connectivity index (χ3n) is 3.03. The fourth-order valence-electron chi connectivity index (χ4n) is 2.06. The van der Waals surface area contributed by atoms with E-state index in [9.17, 15) is 8.42 Å². The number of hydrogen-bond donors (Lipinski definition) is 2.